The standard InChI is InChI=1S/C15H12N4O2/c16-9-11-6-7-17-15(14(11)19(20)21)18-13-8-12(13)10-4-2-1-3-5-10/h1-7,12-13H,8H2,(H,17,18). The molecule has 1 aromatic carbocycles. The first kappa shape index (κ1) is 13.1. The van der Waals surface area contributed by atoms with Gasteiger partial charge in [0.2, 0.25) is 5.82 Å². The van der Waals surface area contributed by atoms with Crippen molar-refractivity contribution in [2.75, 3.05) is 5.32 Å². The Labute approximate surface area is 121 Å². The van der Waals surface area contributed by atoms with E-state index in [1.165, 1.54) is 17.8 Å². The van der Waals surface area contributed by atoms with Crippen LogP contribution in [0.4, 0.5) is 11.5 Å². The normalized spacial score (nSPS) is 19.6. The van der Waals surface area contributed by atoms with Gasteiger partial charge >= 0.3 is 5.69 Å². The third kappa shape index (κ3) is 2.54. The van der Waals surface area contributed by atoms with Gasteiger partial charge in [0.05, 0.1) is 4.92 Å². The zero-order chi connectivity index (χ0) is 14.8. The molecule has 21 heavy (non-hydrogen) atoms. The lowest BCUT2D eigenvalue weighted by Crippen LogP contribution is -2.09. The molecular weight excluding hydrogens is 268 g/mol. The second kappa shape index (κ2) is 5.21. The minimum absolute atomic E-state index is 0.0226. The number of hydrogen-bond acceptors (Lipinski definition) is 5. The van der Waals surface area contributed by atoms with E-state index in [9.17, 15) is 10.1 Å². The van der Waals surface area contributed by atoms with Crippen LogP contribution in [0, 0.1) is 21.4 Å². The van der Waals surface area contributed by atoms with E-state index in [0.29, 0.717) is 5.92 Å². The van der Waals surface area contributed by atoms with E-state index in [-0.39, 0.29) is 23.1 Å². The molecule has 0 aliphatic heterocycles. The van der Waals surface area contributed by atoms with Crippen LogP contribution in [0.3, 0.4) is 0 Å². The van der Waals surface area contributed by atoms with Crippen LogP contribution >= 0.6 is 0 Å². The van der Waals surface area contributed by atoms with Crippen LogP contribution in [0.15, 0.2) is 42.6 Å². The molecule has 1 aliphatic rings. The fraction of sp³-hybridized carbons (Fsp3) is 0.200. The number of rotatable bonds is 4. The zero-order valence-corrected chi connectivity index (χ0v) is 11.1. The van der Waals surface area contributed by atoms with Gasteiger partial charge < -0.3 is 5.32 Å². The number of anilines is 1. The second-order valence-electron chi connectivity index (χ2n) is 4.93. The summed E-state index contributed by atoms with van der Waals surface area (Å²) in [4.78, 5) is 14.6. The highest BCUT2D eigenvalue weighted by atomic mass is 16.6. The Balaban J connectivity index is 1.82. The van der Waals surface area contributed by atoms with Gasteiger partial charge in [-0.1, -0.05) is 30.3 Å². The minimum atomic E-state index is -0.562. The van der Waals surface area contributed by atoms with Gasteiger partial charge in [-0.15, -0.1) is 0 Å². The van der Waals surface area contributed by atoms with E-state index in [0.717, 1.165) is 6.42 Å². The van der Waals surface area contributed by atoms with Crippen LogP contribution in [0.2, 0.25) is 0 Å². The lowest BCUT2D eigenvalue weighted by atomic mass is 10.1. The summed E-state index contributed by atoms with van der Waals surface area (Å²) in [5.74, 6) is 0.501. The van der Waals surface area contributed by atoms with Gasteiger partial charge in [-0.05, 0) is 18.1 Å². The average molecular weight is 280 g/mol. The molecule has 1 aromatic heterocycles. The Morgan fingerprint density at radius 3 is 2.76 bits per heavy atom. The van der Waals surface area contributed by atoms with Crippen molar-refractivity contribution < 1.29 is 4.92 Å². The molecule has 0 bridgehead atoms. The highest BCUT2D eigenvalue weighted by Gasteiger charge is 2.40. The van der Waals surface area contributed by atoms with Crippen molar-refractivity contribution in [1.82, 2.24) is 4.98 Å². The summed E-state index contributed by atoms with van der Waals surface area (Å²) in [5.41, 5.74) is 0.974. The van der Waals surface area contributed by atoms with Gasteiger partial charge in [0.15, 0.2) is 0 Å². The maximum Gasteiger partial charge on any atom is 0.328 e. The monoisotopic (exact) mass is 280 g/mol. The zero-order valence-electron chi connectivity index (χ0n) is 11.1. The van der Waals surface area contributed by atoms with Crippen molar-refractivity contribution in [3.05, 3.63) is 63.8 Å². The lowest BCUT2D eigenvalue weighted by Gasteiger charge is -2.06. The van der Waals surface area contributed by atoms with Crippen molar-refractivity contribution in [3.63, 3.8) is 0 Å². The Morgan fingerprint density at radius 1 is 1.33 bits per heavy atom. The van der Waals surface area contributed by atoms with Crippen molar-refractivity contribution >= 4 is 11.5 Å². The number of nitriles is 1. The summed E-state index contributed by atoms with van der Waals surface area (Å²) in [6, 6.07) is 13.3. The Bertz CT molecular complexity index is 724. The molecule has 104 valence electrons. The van der Waals surface area contributed by atoms with Crippen LogP contribution < -0.4 is 5.32 Å². The molecule has 6 nitrogen and oxygen atoms in total. The third-order valence-corrected chi connectivity index (χ3v) is 3.57. The molecular formula is C15H12N4O2. The predicted molar refractivity (Wildman–Crippen MR) is 76.8 cm³/mol. The fourth-order valence-corrected chi connectivity index (χ4v) is 2.43. The molecule has 1 N–H and O–H groups in total. The van der Waals surface area contributed by atoms with Gasteiger partial charge in [-0.25, -0.2) is 4.98 Å². The number of aromatic nitrogens is 1. The van der Waals surface area contributed by atoms with Gasteiger partial charge in [0.25, 0.3) is 0 Å². The average Bonchev–Trinajstić information content (AvgIpc) is 3.26. The second-order valence-corrected chi connectivity index (χ2v) is 4.93. The van der Waals surface area contributed by atoms with Crippen LogP contribution in [-0.4, -0.2) is 15.9 Å². The molecule has 0 radical (unpaired) electrons. The van der Waals surface area contributed by atoms with Crippen LogP contribution in [0.5, 0.6) is 0 Å². The van der Waals surface area contributed by atoms with Crippen LogP contribution in [0.25, 0.3) is 0 Å². The molecule has 2 aromatic rings. The molecule has 3 rings (SSSR count). The fourth-order valence-electron chi connectivity index (χ4n) is 2.43. The molecule has 2 unspecified atom stereocenters. The Kier molecular flexibility index (Phi) is 3.24. The van der Waals surface area contributed by atoms with Crippen molar-refractivity contribution in [3.8, 4) is 6.07 Å². The van der Waals surface area contributed by atoms with E-state index in [4.69, 9.17) is 5.26 Å². The molecule has 6 heteroatoms. The third-order valence-electron chi connectivity index (χ3n) is 3.57. The minimum Gasteiger partial charge on any atom is -0.361 e. The van der Waals surface area contributed by atoms with Crippen LogP contribution in [-0.2, 0) is 0 Å². The molecule has 0 amide bonds. The number of pyridine rings is 1. The highest BCUT2D eigenvalue weighted by molar-refractivity contribution is 5.65. The van der Waals surface area contributed by atoms with E-state index >= 15 is 0 Å². The lowest BCUT2D eigenvalue weighted by molar-refractivity contribution is -0.384. The number of nitrogens with zero attached hydrogens (tertiary/aromatic N) is 3. The van der Waals surface area contributed by atoms with E-state index in [1.807, 2.05) is 36.4 Å². The number of benzene rings is 1. The summed E-state index contributed by atoms with van der Waals surface area (Å²) in [5, 5.41) is 23.2. The first-order valence-electron chi connectivity index (χ1n) is 6.55. The molecule has 1 fully saturated rings. The largest absolute Gasteiger partial charge is 0.361 e. The topological polar surface area (TPSA) is 91.8 Å². The van der Waals surface area contributed by atoms with Crippen LogP contribution in [0.1, 0.15) is 23.5 Å². The Hall–Kier alpha value is -2.94. The number of nitrogens with one attached hydrogen (secondary N) is 1. The molecule has 1 heterocycles. The van der Waals surface area contributed by atoms with E-state index < -0.39 is 4.92 Å². The summed E-state index contributed by atoms with van der Waals surface area (Å²) in [7, 11) is 0. The van der Waals surface area contributed by atoms with Gasteiger partial charge in [-0.2, -0.15) is 5.26 Å². The predicted octanol–water partition coefficient (Wildman–Crippen LogP) is 2.83. The molecule has 1 aliphatic carbocycles. The van der Waals surface area contributed by atoms with Crippen molar-refractivity contribution in [2.24, 2.45) is 0 Å². The Morgan fingerprint density at radius 2 is 2.10 bits per heavy atom. The highest BCUT2D eigenvalue weighted by Crippen LogP contribution is 2.43. The smallest absolute Gasteiger partial charge is 0.328 e. The van der Waals surface area contributed by atoms with Crippen molar-refractivity contribution in [1.29, 1.82) is 5.26 Å². The number of hydrogen-bond donors (Lipinski definition) is 1. The maximum absolute atomic E-state index is 11.1. The maximum atomic E-state index is 11.1. The van der Waals surface area contributed by atoms with E-state index in [2.05, 4.69) is 10.3 Å². The summed E-state index contributed by atoms with van der Waals surface area (Å²) < 4.78 is 0. The molecule has 0 saturated heterocycles. The summed E-state index contributed by atoms with van der Waals surface area (Å²) in [6.07, 6.45) is 2.31. The summed E-state index contributed by atoms with van der Waals surface area (Å²) in [6.45, 7) is 0. The quantitative estimate of drug-likeness (QED) is 0.686. The SMILES string of the molecule is N#Cc1ccnc(NC2CC2c2ccccc2)c1[N+](=O)[O-]. The molecule has 1 saturated carbocycles. The summed E-state index contributed by atoms with van der Waals surface area (Å²) >= 11 is 0. The van der Waals surface area contributed by atoms with Crippen molar-refractivity contribution in [2.45, 2.75) is 18.4 Å². The van der Waals surface area contributed by atoms with Gasteiger partial charge in [0, 0.05) is 18.2 Å². The molecule has 0 spiro atoms. The van der Waals surface area contributed by atoms with E-state index in [1.54, 1.807) is 0 Å². The first-order valence-corrected chi connectivity index (χ1v) is 6.55. The van der Waals surface area contributed by atoms with Gasteiger partial charge in [-0.3, -0.25) is 10.1 Å². The van der Waals surface area contributed by atoms with Gasteiger partial charge in [0.1, 0.15) is 11.6 Å². The molecule has 2 atom stereocenters. The first-order chi connectivity index (χ1) is 10.2. The number of nitro groups is 1.